The van der Waals surface area contributed by atoms with Crippen LogP contribution in [0.4, 0.5) is 0 Å². The zero-order valence-electron chi connectivity index (χ0n) is 13.6. The predicted molar refractivity (Wildman–Crippen MR) is 107 cm³/mol. The molecular weight excluding hydrogens is 328 g/mol. The van der Waals surface area contributed by atoms with Crippen LogP contribution in [0.3, 0.4) is 0 Å². The third-order valence-corrected chi connectivity index (χ3v) is 4.62. The maximum atomic E-state index is 4.85. The van der Waals surface area contributed by atoms with Crippen molar-refractivity contribution < 1.29 is 0 Å². The van der Waals surface area contributed by atoms with Crippen molar-refractivity contribution in [2.45, 2.75) is 6.54 Å². The largest absolute Gasteiger partial charge is 0.334 e. The average Bonchev–Trinajstić information content (AvgIpc) is 3.00. The minimum Gasteiger partial charge on any atom is -0.334 e. The van der Waals surface area contributed by atoms with Gasteiger partial charge in [0.2, 0.25) is 0 Å². The third-order valence-electron chi connectivity index (χ3n) is 4.62. The molecule has 0 fully saturated rings. The van der Waals surface area contributed by atoms with Crippen LogP contribution in [0.2, 0.25) is 0 Å². The normalized spacial score (nSPS) is 11.0. The van der Waals surface area contributed by atoms with Crippen LogP contribution in [0, 0.1) is 0 Å². The number of benzene rings is 3. The molecule has 5 rings (SSSR count). The Balaban J connectivity index is 0.00000157. The first-order chi connectivity index (χ1) is 11.9. The van der Waals surface area contributed by atoms with Crippen LogP contribution < -0.4 is 0 Å². The van der Waals surface area contributed by atoms with Gasteiger partial charge in [-0.05, 0) is 23.8 Å². The van der Waals surface area contributed by atoms with Crippen molar-refractivity contribution in [2.75, 3.05) is 0 Å². The van der Waals surface area contributed by atoms with E-state index in [1.807, 2.05) is 0 Å². The minimum atomic E-state index is 0. The highest BCUT2D eigenvalue weighted by molar-refractivity contribution is 6.00. The zero-order chi connectivity index (χ0) is 15.9. The lowest BCUT2D eigenvalue weighted by atomic mass is 10.1. The van der Waals surface area contributed by atoms with Crippen LogP contribution in [0.15, 0.2) is 84.9 Å². The van der Waals surface area contributed by atoms with Crippen molar-refractivity contribution in [3.05, 3.63) is 90.5 Å². The van der Waals surface area contributed by atoms with Crippen LogP contribution in [-0.4, -0.2) is 9.55 Å². The van der Waals surface area contributed by atoms with Gasteiger partial charge in [0.15, 0.2) is 0 Å². The zero-order valence-corrected chi connectivity index (χ0v) is 14.4. The Bertz CT molecular complexity index is 1130. The van der Waals surface area contributed by atoms with Crippen molar-refractivity contribution in [3.8, 4) is 11.4 Å². The van der Waals surface area contributed by atoms with Gasteiger partial charge in [0, 0.05) is 22.8 Å². The van der Waals surface area contributed by atoms with Gasteiger partial charge >= 0.3 is 0 Å². The van der Waals surface area contributed by atoms with Gasteiger partial charge in [-0.1, -0.05) is 66.7 Å². The molecule has 0 amide bonds. The summed E-state index contributed by atoms with van der Waals surface area (Å²) in [5, 5.41) is 2.44. The van der Waals surface area contributed by atoms with E-state index in [1.54, 1.807) is 0 Å². The van der Waals surface area contributed by atoms with E-state index in [0.717, 1.165) is 17.8 Å². The number of para-hydroxylation sites is 2. The number of nitrogens with zero attached hydrogens (tertiary/aromatic N) is 2. The van der Waals surface area contributed by atoms with E-state index < -0.39 is 0 Å². The molecular formula is C22H17ClN2. The highest BCUT2D eigenvalue weighted by Gasteiger charge is 2.17. The summed E-state index contributed by atoms with van der Waals surface area (Å²) >= 11 is 0. The summed E-state index contributed by atoms with van der Waals surface area (Å²) in [5.41, 5.74) is 5.88. The fraction of sp³-hybridized carbons (Fsp3) is 0.0455. The van der Waals surface area contributed by atoms with Crippen LogP contribution >= 0.6 is 12.4 Å². The van der Waals surface area contributed by atoms with Gasteiger partial charge in [-0.25, -0.2) is 4.98 Å². The molecule has 3 aromatic carbocycles. The number of fused-ring (bicyclic) bond motifs is 4. The molecule has 0 spiro atoms. The third kappa shape index (κ3) is 2.55. The first-order valence-electron chi connectivity index (χ1n) is 8.21. The van der Waals surface area contributed by atoms with E-state index in [2.05, 4.69) is 89.5 Å². The standard InChI is InChI=1S/C22H16N2.ClH/c1-2-8-16(9-3-1)15-24-21-13-7-4-10-17(21)14-20-22(24)18-11-5-6-12-19(18)23-20;/h1-14H,15H2;1H. The quantitative estimate of drug-likeness (QED) is 0.398. The van der Waals surface area contributed by atoms with E-state index in [4.69, 9.17) is 4.98 Å². The Labute approximate surface area is 152 Å². The van der Waals surface area contributed by atoms with Crippen molar-refractivity contribution in [2.24, 2.45) is 0 Å². The lowest BCUT2D eigenvalue weighted by Gasteiger charge is -2.17. The second-order valence-electron chi connectivity index (χ2n) is 6.14. The average molecular weight is 345 g/mol. The number of halogens is 1. The van der Waals surface area contributed by atoms with E-state index >= 15 is 0 Å². The fourth-order valence-electron chi connectivity index (χ4n) is 3.53. The summed E-state index contributed by atoms with van der Waals surface area (Å²) in [6.45, 7) is 0.842. The van der Waals surface area contributed by atoms with Gasteiger partial charge in [0.05, 0.1) is 16.9 Å². The van der Waals surface area contributed by atoms with Crippen molar-refractivity contribution >= 4 is 34.2 Å². The monoisotopic (exact) mass is 344 g/mol. The van der Waals surface area contributed by atoms with Gasteiger partial charge in [0.25, 0.3) is 0 Å². The second-order valence-corrected chi connectivity index (χ2v) is 6.14. The lowest BCUT2D eigenvalue weighted by Crippen LogP contribution is -2.06. The molecule has 0 atom stereocenters. The summed E-state index contributed by atoms with van der Waals surface area (Å²) < 4.78 is 2.40. The number of hydrogen-bond acceptors (Lipinski definition) is 1. The van der Waals surface area contributed by atoms with Crippen molar-refractivity contribution in [3.63, 3.8) is 0 Å². The maximum absolute atomic E-state index is 4.85. The van der Waals surface area contributed by atoms with Crippen LogP contribution in [0.5, 0.6) is 0 Å². The van der Waals surface area contributed by atoms with Gasteiger partial charge in [0.1, 0.15) is 0 Å². The molecule has 2 heterocycles. The van der Waals surface area contributed by atoms with Crippen LogP contribution in [0.25, 0.3) is 33.2 Å². The number of rotatable bonds is 2. The Hall–Kier alpha value is -2.84. The van der Waals surface area contributed by atoms with Crippen molar-refractivity contribution in [1.29, 1.82) is 0 Å². The molecule has 0 bridgehead atoms. The molecule has 0 saturated carbocycles. The van der Waals surface area contributed by atoms with Gasteiger partial charge in [-0.3, -0.25) is 0 Å². The molecule has 0 unspecified atom stereocenters. The molecule has 0 radical (unpaired) electrons. The molecule has 0 aliphatic carbocycles. The smallest absolute Gasteiger partial charge is 0.0887 e. The van der Waals surface area contributed by atoms with E-state index in [0.29, 0.717) is 0 Å². The van der Waals surface area contributed by atoms with E-state index in [9.17, 15) is 0 Å². The molecule has 25 heavy (non-hydrogen) atoms. The summed E-state index contributed by atoms with van der Waals surface area (Å²) in [6, 6.07) is 29.8. The molecule has 0 saturated heterocycles. The SMILES string of the molecule is Cl.c1ccc(Cn2c3c4ccccc4nc-3cc3ccccc32)cc1. The Morgan fingerprint density at radius 1 is 0.760 bits per heavy atom. The molecule has 0 N–H and O–H groups in total. The number of hydrogen-bond donors (Lipinski definition) is 0. The Kier molecular flexibility index (Phi) is 3.90. The molecule has 122 valence electrons. The lowest BCUT2D eigenvalue weighted by molar-refractivity contribution is 0.839. The molecule has 3 aromatic rings. The van der Waals surface area contributed by atoms with Crippen molar-refractivity contribution in [1.82, 2.24) is 9.55 Å². The summed E-state index contributed by atoms with van der Waals surface area (Å²) in [5.74, 6) is 0. The maximum Gasteiger partial charge on any atom is 0.0887 e. The molecule has 0 aromatic heterocycles. The highest BCUT2D eigenvalue weighted by Crippen LogP contribution is 2.35. The first kappa shape index (κ1) is 15.7. The van der Waals surface area contributed by atoms with E-state index in [1.165, 1.54) is 27.5 Å². The van der Waals surface area contributed by atoms with Gasteiger partial charge < -0.3 is 4.57 Å². The summed E-state index contributed by atoms with van der Waals surface area (Å²) in [7, 11) is 0. The number of aromatic nitrogens is 2. The van der Waals surface area contributed by atoms with Gasteiger partial charge in [-0.15, -0.1) is 12.4 Å². The number of pyridine rings is 1. The second kappa shape index (κ2) is 6.23. The Morgan fingerprint density at radius 3 is 2.36 bits per heavy atom. The predicted octanol–water partition coefficient (Wildman–Crippen LogP) is 5.76. The van der Waals surface area contributed by atoms with Gasteiger partial charge in [-0.2, -0.15) is 0 Å². The minimum absolute atomic E-state index is 0. The van der Waals surface area contributed by atoms with E-state index in [-0.39, 0.29) is 12.4 Å². The highest BCUT2D eigenvalue weighted by atomic mass is 35.5. The molecule has 3 heteroatoms. The summed E-state index contributed by atoms with van der Waals surface area (Å²) in [4.78, 5) is 4.85. The molecule has 2 aliphatic rings. The first-order valence-corrected chi connectivity index (χ1v) is 8.21. The molecule has 2 aliphatic heterocycles. The van der Waals surface area contributed by atoms with Crippen LogP contribution in [-0.2, 0) is 6.54 Å². The molecule has 2 nitrogen and oxygen atoms in total. The Morgan fingerprint density at radius 2 is 1.48 bits per heavy atom. The fourth-order valence-corrected chi connectivity index (χ4v) is 3.53. The topological polar surface area (TPSA) is 17.8 Å². The summed E-state index contributed by atoms with van der Waals surface area (Å²) in [6.07, 6.45) is 0. The van der Waals surface area contributed by atoms with Crippen LogP contribution in [0.1, 0.15) is 5.56 Å².